The van der Waals surface area contributed by atoms with Gasteiger partial charge in [-0.2, -0.15) is 13.5 Å². The van der Waals surface area contributed by atoms with Gasteiger partial charge < -0.3 is 4.18 Å². The third kappa shape index (κ3) is 5.52. The molecule has 3 aromatic carbocycles. The van der Waals surface area contributed by atoms with E-state index in [2.05, 4.69) is 10.5 Å². The van der Waals surface area contributed by atoms with Crippen LogP contribution in [0.3, 0.4) is 0 Å². The van der Waals surface area contributed by atoms with Crippen molar-refractivity contribution in [2.45, 2.75) is 11.8 Å². The average Bonchev–Trinajstić information content (AvgIpc) is 2.75. The lowest BCUT2D eigenvalue weighted by atomic mass is 10.2. The number of rotatable bonds is 7. The van der Waals surface area contributed by atoms with Gasteiger partial charge in [0.15, 0.2) is 5.75 Å². The quantitative estimate of drug-likeness (QED) is 0.260. The molecule has 0 spiro atoms. The summed E-state index contributed by atoms with van der Waals surface area (Å²) in [7, 11) is -4.05. The van der Waals surface area contributed by atoms with Gasteiger partial charge in [0.1, 0.15) is 4.90 Å². The van der Waals surface area contributed by atoms with Crippen LogP contribution in [0, 0.1) is 17.0 Å². The lowest BCUT2D eigenvalue weighted by Crippen LogP contribution is -2.17. The summed E-state index contributed by atoms with van der Waals surface area (Å²) in [4.78, 5) is 22.2. The van der Waals surface area contributed by atoms with Crippen molar-refractivity contribution < 1.29 is 22.3 Å². The van der Waals surface area contributed by atoms with Crippen molar-refractivity contribution >= 4 is 27.9 Å². The number of nitrogens with one attached hydrogen (secondary N) is 1. The van der Waals surface area contributed by atoms with Crippen LogP contribution in [0.4, 0.5) is 5.69 Å². The summed E-state index contributed by atoms with van der Waals surface area (Å²) in [6.45, 7) is 1.84. The number of non-ortho nitro benzene ring substituents is 1. The Morgan fingerprint density at radius 3 is 2.32 bits per heavy atom. The molecule has 0 heterocycles. The highest BCUT2D eigenvalue weighted by molar-refractivity contribution is 7.87. The zero-order chi connectivity index (χ0) is 22.4. The van der Waals surface area contributed by atoms with Crippen molar-refractivity contribution in [3.05, 3.63) is 99.6 Å². The standard InChI is InChI=1S/C21H17N3O6S/c1-15-6-12-19(13-7-15)31(28,29)30-20-5-3-2-4-17(20)14-22-23-21(25)16-8-10-18(11-9-16)24(26)27/h2-14H,1H3,(H,23,25)/b22-14-. The smallest absolute Gasteiger partial charge is 0.339 e. The van der Waals surface area contributed by atoms with Crippen molar-refractivity contribution in [1.82, 2.24) is 5.43 Å². The van der Waals surface area contributed by atoms with Crippen molar-refractivity contribution in [3.8, 4) is 5.75 Å². The number of hydrogen-bond donors (Lipinski definition) is 1. The summed E-state index contributed by atoms with van der Waals surface area (Å²) in [6, 6.07) is 17.5. The topological polar surface area (TPSA) is 128 Å². The van der Waals surface area contributed by atoms with Gasteiger partial charge in [-0.3, -0.25) is 14.9 Å². The van der Waals surface area contributed by atoms with E-state index in [0.29, 0.717) is 5.56 Å². The van der Waals surface area contributed by atoms with Gasteiger partial charge in [0.2, 0.25) is 0 Å². The van der Waals surface area contributed by atoms with Gasteiger partial charge in [0.05, 0.1) is 11.1 Å². The highest BCUT2D eigenvalue weighted by atomic mass is 32.2. The van der Waals surface area contributed by atoms with Crippen LogP contribution in [-0.2, 0) is 10.1 Å². The molecule has 3 rings (SSSR count). The number of hydrogen-bond acceptors (Lipinski definition) is 7. The second-order valence-electron chi connectivity index (χ2n) is 6.39. The number of hydrazone groups is 1. The fraction of sp³-hybridized carbons (Fsp3) is 0.0476. The van der Waals surface area contributed by atoms with Gasteiger partial charge in [-0.15, -0.1) is 0 Å². The van der Waals surface area contributed by atoms with Gasteiger partial charge in [-0.25, -0.2) is 5.43 Å². The number of nitrogens with zero attached hydrogens (tertiary/aromatic N) is 2. The highest BCUT2D eigenvalue weighted by Crippen LogP contribution is 2.22. The summed E-state index contributed by atoms with van der Waals surface area (Å²) in [5.41, 5.74) is 3.55. The number of carbonyl (C=O) groups is 1. The van der Waals surface area contributed by atoms with E-state index < -0.39 is 20.9 Å². The molecule has 10 heteroatoms. The Morgan fingerprint density at radius 2 is 1.68 bits per heavy atom. The van der Waals surface area contributed by atoms with Gasteiger partial charge in [-0.05, 0) is 43.3 Å². The van der Waals surface area contributed by atoms with Crippen LogP contribution >= 0.6 is 0 Å². The molecule has 0 saturated carbocycles. The summed E-state index contributed by atoms with van der Waals surface area (Å²) in [5, 5.41) is 14.5. The summed E-state index contributed by atoms with van der Waals surface area (Å²) in [6.07, 6.45) is 1.24. The Labute approximate surface area is 178 Å². The minimum atomic E-state index is -4.05. The number of benzene rings is 3. The van der Waals surface area contributed by atoms with Crippen LogP contribution in [-0.4, -0.2) is 25.5 Å². The second-order valence-corrected chi connectivity index (χ2v) is 7.94. The van der Waals surface area contributed by atoms with Crippen molar-refractivity contribution in [1.29, 1.82) is 0 Å². The van der Waals surface area contributed by atoms with Crippen LogP contribution in [0.1, 0.15) is 21.5 Å². The first-order valence-corrected chi connectivity index (χ1v) is 10.3. The maximum atomic E-state index is 12.5. The fourth-order valence-electron chi connectivity index (χ4n) is 2.49. The first-order valence-electron chi connectivity index (χ1n) is 8.94. The molecule has 0 unspecified atom stereocenters. The predicted molar refractivity (Wildman–Crippen MR) is 114 cm³/mol. The molecule has 0 atom stereocenters. The van der Waals surface area contributed by atoms with Gasteiger partial charge in [-0.1, -0.05) is 29.8 Å². The molecule has 0 radical (unpaired) electrons. The highest BCUT2D eigenvalue weighted by Gasteiger charge is 2.18. The number of aryl methyl sites for hydroxylation is 1. The van der Waals surface area contributed by atoms with Crippen LogP contribution in [0.15, 0.2) is 82.8 Å². The third-order valence-electron chi connectivity index (χ3n) is 4.14. The number of amides is 1. The van der Waals surface area contributed by atoms with E-state index in [0.717, 1.165) is 5.56 Å². The number of para-hydroxylation sites is 1. The Hall–Kier alpha value is -4.05. The van der Waals surface area contributed by atoms with E-state index in [4.69, 9.17) is 4.18 Å². The van der Waals surface area contributed by atoms with E-state index in [9.17, 15) is 23.3 Å². The Kier molecular flexibility index (Phi) is 6.41. The van der Waals surface area contributed by atoms with Crippen LogP contribution in [0.2, 0.25) is 0 Å². The molecule has 0 aliphatic heterocycles. The molecule has 9 nitrogen and oxygen atoms in total. The van der Waals surface area contributed by atoms with Gasteiger partial charge in [0.25, 0.3) is 11.6 Å². The molecule has 0 aliphatic carbocycles. The minimum absolute atomic E-state index is 0.0105. The fourth-order valence-corrected chi connectivity index (χ4v) is 3.45. The predicted octanol–water partition coefficient (Wildman–Crippen LogP) is 3.43. The average molecular weight is 439 g/mol. The lowest BCUT2D eigenvalue weighted by molar-refractivity contribution is -0.384. The first kappa shape index (κ1) is 21.7. The Bertz CT molecular complexity index is 1240. The maximum Gasteiger partial charge on any atom is 0.339 e. The van der Waals surface area contributed by atoms with Crippen LogP contribution in [0.5, 0.6) is 5.75 Å². The van der Waals surface area contributed by atoms with Crippen LogP contribution < -0.4 is 9.61 Å². The molecule has 3 aromatic rings. The van der Waals surface area contributed by atoms with Gasteiger partial charge in [0, 0.05) is 23.3 Å². The summed E-state index contributed by atoms with van der Waals surface area (Å²) < 4.78 is 30.3. The SMILES string of the molecule is Cc1ccc(S(=O)(=O)Oc2ccccc2/C=N\NC(=O)c2ccc([N+](=O)[O-])cc2)cc1. The molecule has 0 saturated heterocycles. The van der Waals surface area contributed by atoms with E-state index in [1.165, 1.54) is 48.7 Å². The van der Waals surface area contributed by atoms with Gasteiger partial charge >= 0.3 is 10.1 Å². The molecule has 0 bridgehead atoms. The Morgan fingerprint density at radius 1 is 1.03 bits per heavy atom. The Balaban J connectivity index is 1.72. The molecule has 31 heavy (non-hydrogen) atoms. The van der Waals surface area contributed by atoms with Crippen molar-refractivity contribution in [2.75, 3.05) is 0 Å². The molecular formula is C21H17N3O6S. The number of nitro benzene ring substituents is 1. The molecule has 1 N–H and O–H groups in total. The maximum absolute atomic E-state index is 12.5. The number of carbonyl (C=O) groups excluding carboxylic acids is 1. The third-order valence-corrected chi connectivity index (χ3v) is 5.39. The lowest BCUT2D eigenvalue weighted by Gasteiger charge is -2.09. The molecule has 0 aromatic heterocycles. The van der Waals surface area contributed by atoms with E-state index in [1.807, 2.05) is 6.92 Å². The molecular weight excluding hydrogens is 422 g/mol. The van der Waals surface area contributed by atoms with E-state index in [-0.39, 0.29) is 21.9 Å². The monoisotopic (exact) mass is 439 g/mol. The second kappa shape index (κ2) is 9.18. The molecule has 1 amide bonds. The van der Waals surface area contributed by atoms with Crippen molar-refractivity contribution in [2.24, 2.45) is 5.10 Å². The summed E-state index contributed by atoms with van der Waals surface area (Å²) >= 11 is 0. The molecule has 0 fully saturated rings. The molecule has 0 aliphatic rings. The normalized spacial score (nSPS) is 11.3. The zero-order valence-corrected chi connectivity index (χ0v) is 17.1. The van der Waals surface area contributed by atoms with Crippen LogP contribution in [0.25, 0.3) is 0 Å². The summed E-state index contributed by atoms with van der Waals surface area (Å²) in [5.74, 6) is -0.548. The first-order chi connectivity index (χ1) is 14.8. The number of nitro groups is 1. The van der Waals surface area contributed by atoms with E-state index in [1.54, 1.807) is 30.3 Å². The minimum Gasteiger partial charge on any atom is -0.378 e. The largest absolute Gasteiger partial charge is 0.378 e. The zero-order valence-electron chi connectivity index (χ0n) is 16.3. The van der Waals surface area contributed by atoms with E-state index >= 15 is 0 Å². The molecule has 158 valence electrons. The van der Waals surface area contributed by atoms with Crippen molar-refractivity contribution in [3.63, 3.8) is 0 Å².